The summed E-state index contributed by atoms with van der Waals surface area (Å²) in [6, 6.07) is -0.625. The summed E-state index contributed by atoms with van der Waals surface area (Å²) in [5.41, 5.74) is 0. The van der Waals surface area contributed by atoms with Crippen molar-refractivity contribution in [2.24, 2.45) is 0 Å². The van der Waals surface area contributed by atoms with Crippen LogP contribution < -0.4 is 5.32 Å². The van der Waals surface area contributed by atoms with E-state index in [4.69, 9.17) is 4.74 Å². The van der Waals surface area contributed by atoms with Crippen molar-refractivity contribution in [1.29, 1.82) is 0 Å². The van der Waals surface area contributed by atoms with Gasteiger partial charge in [0.05, 0.1) is 25.4 Å². The van der Waals surface area contributed by atoms with Crippen molar-refractivity contribution in [2.45, 2.75) is 386 Å². The number of esters is 1. The molecule has 0 radical (unpaired) electrons. The highest BCUT2D eigenvalue weighted by Crippen LogP contribution is 2.18. The average molecular weight is 1040 g/mol. The maximum atomic E-state index is 12.5. The van der Waals surface area contributed by atoms with Crippen molar-refractivity contribution >= 4 is 11.9 Å². The Morgan fingerprint density at radius 1 is 0.365 bits per heavy atom. The van der Waals surface area contributed by atoms with E-state index in [1.54, 1.807) is 6.08 Å². The molecule has 0 rings (SSSR count). The van der Waals surface area contributed by atoms with Crippen molar-refractivity contribution in [2.75, 3.05) is 13.2 Å². The van der Waals surface area contributed by atoms with Gasteiger partial charge in [0.15, 0.2) is 0 Å². The summed E-state index contributed by atoms with van der Waals surface area (Å²) in [6.45, 7) is 4.92. The number of hydrogen-bond acceptors (Lipinski definition) is 5. The molecule has 3 N–H and O–H groups in total. The van der Waals surface area contributed by atoms with Crippen LogP contribution in [0.15, 0.2) is 24.3 Å². The van der Waals surface area contributed by atoms with Crippen LogP contribution in [0.4, 0.5) is 0 Å². The quantitative estimate of drug-likeness (QED) is 0.0320. The average Bonchev–Trinajstić information content (AvgIpc) is 3.40. The molecule has 0 heterocycles. The second-order valence-corrected chi connectivity index (χ2v) is 23.2. The number of aliphatic hydroxyl groups is 2. The zero-order valence-electron chi connectivity index (χ0n) is 50.1. The minimum Gasteiger partial charge on any atom is -0.466 e. The molecule has 2 unspecified atom stereocenters. The maximum Gasteiger partial charge on any atom is 0.305 e. The van der Waals surface area contributed by atoms with Gasteiger partial charge in [-0.2, -0.15) is 0 Å². The number of hydrogen-bond donors (Lipinski definition) is 3. The van der Waals surface area contributed by atoms with E-state index in [1.807, 2.05) is 6.08 Å². The summed E-state index contributed by atoms with van der Waals surface area (Å²) in [5.74, 6) is -0.0491. The molecular weight excluding hydrogens is 911 g/mol. The molecule has 0 saturated heterocycles. The van der Waals surface area contributed by atoms with Crippen molar-refractivity contribution in [3.05, 3.63) is 24.3 Å². The van der Waals surface area contributed by atoms with Crippen LogP contribution in [0.3, 0.4) is 0 Å². The monoisotopic (exact) mass is 1040 g/mol. The number of allylic oxidation sites excluding steroid dienone is 3. The maximum absolute atomic E-state index is 12.5. The number of amides is 1. The van der Waals surface area contributed by atoms with E-state index in [9.17, 15) is 19.8 Å². The minimum atomic E-state index is -0.841. The first-order valence-electron chi connectivity index (χ1n) is 33.6. The smallest absolute Gasteiger partial charge is 0.305 e. The Labute approximate surface area is 462 Å². The highest BCUT2D eigenvalue weighted by atomic mass is 16.5. The van der Waals surface area contributed by atoms with Crippen LogP contribution in [0.25, 0.3) is 0 Å². The SMILES string of the molecule is CCCCCCCC/C=C\CCCCCCCCCC(=O)OCCCCCCCCCCCCCCCCCCCCCCCCCCCCCC(=O)NC(CO)C(O)/C=C/CCCCCCCCCCCCC. The molecule has 1 amide bonds. The van der Waals surface area contributed by atoms with Gasteiger partial charge in [0.1, 0.15) is 0 Å². The van der Waals surface area contributed by atoms with E-state index >= 15 is 0 Å². The standard InChI is InChI=1S/C68H131NO5/c1-3-5-7-9-11-13-15-17-18-30-34-38-42-46-50-54-58-62-68(73)74-63-59-55-51-47-43-39-35-32-29-27-25-23-21-19-20-22-24-26-28-31-33-37-41-45-49-53-57-61-67(72)69-65(64-70)66(71)60-56-52-48-44-40-36-16-14-12-10-8-6-4-2/h17-18,56,60,65-66,70-71H,3-16,19-55,57-59,61-64H2,1-2H3,(H,69,72)/b18-17-,60-56+. The first kappa shape index (κ1) is 72.3. The largest absolute Gasteiger partial charge is 0.466 e. The van der Waals surface area contributed by atoms with Gasteiger partial charge in [-0.25, -0.2) is 0 Å². The van der Waals surface area contributed by atoms with Crippen LogP contribution in [-0.2, 0) is 14.3 Å². The van der Waals surface area contributed by atoms with Crippen molar-refractivity contribution in [3.8, 4) is 0 Å². The van der Waals surface area contributed by atoms with E-state index in [1.165, 1.54) is 302 Å². The van der Waals surface area contributed by atoms with Gasteiger partial charge in [-0.1, -0.05) is 327 Å². The molecule has 6 heteroatoms. The van der Waals surface area contributed by atoms with Crippen molar-refractivity contribution in [1.82, 2.24) is 5.32 Å². The molecule has 2 atom stereocenters. The van der Waals surface area contributed by atoms with E-state index in [0.29, 0.717) is 19.4 Å². The molecular formula is C68H131NO5. The highest BCUT2D eigenvalue weighted by molar-refractivity contribution is 5.76. The zero-order chi connectivity index (χ0) is 53.6. The van der Waals surface area contributed by atoms with Crippen LogP contribution in [0.2, 0.25) is 0 Å². The highest BCUT2D eigenvalue weighted by Gasteiger charge is 2.18. The Bertz CT molecular complexity index is 1150. The van der Waals surface area contributed by atoms with E-state index < -0.39 is 12.1 Å². The number of ether oxygens (including phenoxy) is 1. The van der Waals surface area contributed by atoms with Crippen LogP contribution in [-0.4, -0.2) is 47.4 Å². The third kappa shape index (κ3) is 59.6. The summed E-state index contributed by atoms with van der Waals surface area (Å²) in [4.78, 5) is 24.5. The second kappa shape index (κ2) is 63.9. The third-order valence-electron chi connectivity index (χ3n) is 15.7. The fourth-order valence-corrected chi connectivity index (χ4v) is 10.6. The minimum absolute atomic E-state index is 0.0148. The molecule has 0 bridgehead atoms. The van der Waals surface area contributed by atoms with Gasteiger partial charge in [-0.05, 0) is 57.8 Å². The lowest BCUT2D eigenvalue weighted by Gasteiger charge is -2.20. The summed E-state index contributed by atoms with van der Waals surface area (Å²) >= 11 is 0. The molecule has 0 saturated carbocycles. The van der Waals surface area contributed by atoms with Gasteiger partial charge in [0, 0.05) is 12.8 Å². The Morgan fingerprint density at radius 3 is 0.959 bits per heavy atom. The fourth-order valence-electron chi connectivity index (χ4n) is 10.6. The predicted octanol–water partition coefficient (Wildman–Crippen LogP) is 21.4. The third-order valence-corrected chi connectivity index (χ3v) is 15.7. The number of carbonyl (C=O) groups is 2. The number of carbonyl (C=O) groups excluding carboxylic acids is 2. The fraction of sp³-hybridized carbons (Fsp3) is 0.912. The molecule has 6 nitrogen and oxygen atoms in total. The van der Waals surface area contributed by atoms with Gasteiger partial charge in [0.25, 0.3) is 0 Å². The molecule has 74 heavy (non-hydrogen) atoms. The van der Waals surface area contributed by atoms with Gasteiger partial charge < -0.3 is 20.3 Å². The molecule has 0 aliphatic carbocycles. The molecule has 0 spiro atoms. The van der Waals surface area contributed by atoms with Gasteiger partial charge in [-0.15, -0.1) is 0 Å². The van der Waals surface area contributed by atoms with Crippen LogP contribution >= 0.6 is 0 Å². The predicted molar refractivity (Wildman–Crippen MR) is 324 cm³/mol. The van der Waals surface area contributed by atoms with Gasteiger partial charge in [-0.3, -0.25) is 9.59 Å². The summed E-state index contributed by atoms with van der Waals surface area (Å²) in [5, 5.41) is 23.1. The van der Waals surface area contributed by atoms with Crippen LogP contribution in [0, 0.1) is 0 Å². The van der Waals surface area contributed by atoms with Crippen molar-refractivity contribution in [3.63, 3.8) is 0 Å². The molecule has 0 aromatic carbocycles. The topological polar surface area (TPSA) is 95.9 Å². The van der Waals surface area contributed by atoms with Gasteiger partial charge >= 0.3 is 5.97 Å². The number of rotatable bonds is 63. The molecule has 0 aliphatic rings. The molecule has 0 fully saturated rings. The number of aliphatic hydroxyl groups excluding tert-OH is 2. The lowest BCUT2D eigenvalue weighted by atomic mass is 10.0. The molecule has 0 aromatic heterocycles. The van der Waals surface area contributed by atoms with E-state index in [0.717, 1.165) is 44.9 Å². The zero-order valence-corrected chi connectivity index (χ0v) is 50.1. The Morgan fingerprint density at radius 2 is 0.635 bits per heavy atom. The summed E-state index contributed by atoms with van der Waals surface area (Å²) in [6.07, 6.45) is 79.6. The Balaban J connectivity index is 3.34. The summed E-state index contributed by atoms with van der Waals surface area (Å²) in [7, 11) is 0. The first-order chi connectivity index (χ1) is 36.5. The molecule has 0 aliphatic heterocycles. The molecule has 0 aromatic rings. The molecule has 438 valence electrons. The lowest BCUT2D eigenvalue weighted by Crippen LogP contribution is -2.45. The van der Waals surface area contributed by atoms with Gasteiger partial charge in [0.2, 0.25) is 5.91 Å². The normalized spacial score (nSPS) is 12.6. The lowest BCUT2D eigenvalue weighted by molar-refractivity contribution is -0.143. The second-order valence-electron chi connectivity index (χ2n) is 23.2. The van der Waals surface area contributed by atoms with E-state index in [-0.39, 0.29) is 18.5 Å². The van der Waals surface area contributed by atoms with Crippen LogP contribution in [0.5, 0.6) is 0 Å². The number of unbranched alkanes of at least 4 members (excludes halogenated alkanes) is 50. The summed E-state index contributed by atoms with van der Waals surface area (Å²) < 4.78 is 5.50. The first-order valence-corrected chi connectivity index (χ1v) is 33.6. The number of nitrogens with one attached hydrogen (secondary N) is 1. The van der Waals surface area contributed by atoms with Crippen LogP contribution in [0.1, 0.15) is 373 Å². The Kier molecular flexibility index (Phi) is 62.4. The van der Waals surface area contributed by atoms with Crippen molar-refractivity contribution < 1.29 is 24.5 Å². The van der Waals surface area contributed by atoms with E-state index in [2.05, 4.69) is 31.3 Å². The Hall–Kier alpha value is -1.66.